The monoisotopic (exact) mass is 281 g/mol. The molecule has 1 aromatic rings. The van der Waals surface area contributed by atoms with Crippen molar-refractivity contribution in [2.45, 2.75) is 33.0 Å². The lowest BCUT2D eigenvalue weighted by Crippen LogP contribution is -2.46. The summed E-state index contributed by atoms with van der Waals surface area (Å²) in [5.74, 6) is -0.815. The maximum atomic E-state index is 12.5. The van der Waals surface area contributed by atoms with E-state index in [0.717, 1.165) is 16.6 Å². The van der Waals surface area contributed by atoms with E-state index in [2.05, 4.69) is 8.75 Å². The lowest BCUT2D eigenvalue weighted by atomic mass is 10.0. The first kappa shape index (κ1) is 14.9. The third kappa shape index (κ3) is 3.94. The van der Waals surface area contributed by atoms with Gasteiger partial charge >= 0.3 is 6.18 Å². The summed E-state index contributed by atoms with van der Waals surface area (Å²) in [4.78, 5) is 12.8. The molecule has 102 valence electrons. The fourth-order valence-electron chi connectivity index (χ4n) is 1.36. The molecule has 0 aromatic carbocycles. The van der Waals surface area contributed by atoms with Gasteiger partial charge < -0.3 is 4.90 Å². The van der Waals surface area contributed by atoms with E-state index in [0.29, 0.717) is 0 Å². The van der Waals surface area contributed by atoms with Gasteiger partial charge in [0.25, 0.3) is 5.91 Å². The largest absolute Gasteiger partial charge is 0.406 e. The molecule has 1 rings (SSSR count). The van der Waals surface area contributed by atoms with Gasteiger partial charge in [0.15, 0.2) is 5.69 Å². The molecule has 1 heterocycles. The van der Waals surface area contributed by atoms with Crippen LogP contribution < -0.4 is 0 Å². The number of halogens is 3. The third-order valence-electron chi connectivity index (χ3n) is 2.65. The smallest absolute Gasteiger partial charge is 0.325 e. The Bertz CT molecular complexity index is 392. The predicted molar refractivity (Wildman–Crippen MR) is 61.3 cm³/mol. The molecule has 0 aliphatic carbocycles. The molecule has 0 aliphatic rings. The highest BCUT2D eigenvalue weighted by Crippen LogP contribution is 2.22. The van der Waals surface area contributed by atoms with Crippen LogP contribution in [0.4, 0.5) is 13.2 Å². The molecule has 0 bridgehead atoms. The Hall–Kier alpha value is -1.18. The SMILES string of the molecule is CC(C)[C@@H](C)N(CC(F)(F)F)C(=O)c1cnsn1. The molecular formula is C10H14F3N3OS. The Balaban J connectivity index is 2.94. The minimum absolute atomic E-state index is 0.0447. The van der Waals surface area contributed by atoms with Gasteiger partial charge in [-0.2, -0.15) is 21.9 Å². The van der Waals surface area contributed by atoms with Crippen LogP contribution in [0.3, 0.4) is 0 Å². The number of nitrogens with zero attached hydrogens (tertiary/aromatic N) is 3. The highest BCUT2D eigenvalue weighted by atomic mass is 32.1. The maximum absolute atomic E-state index is 12.5. The molecule has 1 aromatic heterocycles. The first-order chi connectivity index (χ1) is 8.22. The van der Waals surface area contributed by atoms with Crippen LogP contribution in [0.25, 0.3) is 0 Å². The van der Waals surface area contributed by atoms with Crippen LogP contribution in [0.15, 0.2) is 6.20 Å². The second kappa shape index (κ2) is 5.64. The second-order valence-corrected chi connectivity index (χ2v) is 4.88. The Morgan fingerprint density at radius 2 is 2.06 bits per heavy atom. The van der Waals surface area contributed by atoms with Gasteiger partial charge in [0, 0.05) is 6.04 Å². The third-order valence-corrected chi connectivity index (χ3v) is 3.13. The molecule has 0 unspecified atom stereocenters. The normalized spacial score (nSPS) is 13.7. The number of hydrogen-bond acceptors (Lipinski definition) is 4. The predicted octanol–water partition coefficient (Wildman–Crippen LogP) is 2.59. The zero-order chi connectivity index (χ0) is 13.9. The standard InChI is InChI=1S/C10H14F3N3OS/c1-6(2)7(3)16(5-10(11,12)13)9(17)8-4-14-18-15-8/h4,6-7H,5H2,1-3H3/t7-/m1/s1. The fourth-order valence-corrected chi connectivity index (χ4v) is 1.77. The average molecular weight is 281 g/mol. The maximum Gasteiger partial charge on any atom is 0.406 e. The summed E-state index contributed by atoms with van der Waals surface area (Å²) in [6, 6.07) is -0.527. The highest BCUT2D eigenvalue weighted by Gasteiger charge is 2.36. The number of amides is 1. The zero-order valence-electron chi connectivity index (χ0n) is 10.2. The van der Waals surface area contributed by atoms with E-state index >= 15 is 0 Å². The molecule has 1 atom stereocenters. The van der Waals surface area contributed by atoms with Gasteiger partial charge in [0.1, 0.15) is 6.54 Å². The van der Waals surface area contributed by atoms with Crippen molar-refractivity contribution in [3.63, 3.8) is 0 Å². The Labute approximate surface area is 107 Å². The lowest BCUT2D eigenvalue weighted by molar-refractivity contribution is -0.145. The van der Waals surface area contributed by atoms with Crippen molar-refractivity contribution in [1.29, 1.82) is 0 Å². The van der Waals surface area contributed by atoms with E-state index in [1.165, 1.54) is 6.20 Å². The molecule has 0 radical (unpaired) electrons. The molecule has 18 heavy (non-hydrogen) atoms. The Kier molecular flexibility index (Phi) is 4.66. The first-order valence-electron chi connectivity index (χ1n) is 5.37. The Morgan fingerprint density at radius 3 is 2.44 bits per heavy atom. The summed E-state index contributed by atoms with van der Waals surface area (Å²) in [6.07, 6.45) is -3.24. The first-order valence-corrected chi connectivity index (χ1v) is 6.10. The molecule has 0 spiro atoms. The van der Waals surface area contributed by atoms with E-state index in [9.17, 15) is 18.0 Å². The molecule has 0 N–H and O–H groups in total. The van der Waals surface area contributed by atoms with Crippen molar-refractivity contribution in [2.75, 3.05) is 6.54 Å². The van der Waals surface area contributed by atoms with Crippen LogP contribution >= 0.6 is 11.7 Å². The van der Waals surface area contributed by atoms with Gasteiger partial charge in [-0.1, -0.05) is 13.8 Å². The molecular weight excluding hydrogens is 267 g/mol. The van der Waals surface area contributed by atoms with E-state index < -0.39 is 24.7 Å². The van der Waals surface area contributed by atoms with Crippen LogP contribution in [0, 0.1) is 5.92 Å². The highest BCUT2D eigenvalue weighted by molar-refractivity contribution is 6.99. The number of carbonyl (C=O) groups excluding carboxylic acids is 1. The molecule has 8 heteroatoms. The fraction of sp³-hybridized carbons (Fsp3) is 0.700. The van der Waals surface area contributed by atoms with Crippen molar-refractivity contribution in [3.05, 3.63) is 11.9 Å². The quantitative estimate of drug-likeness (QED) is 0.852. The van der Waals surface area contributed by atoms with Gasteiger partial charge in [0.05, 0.1) is 17.9 Å². The molecule has 0 aliphatic heterocycles. The second-order valence-electron chi connectivity index (χ2n) is 4.33. The summed E-state index contributed by atoms with van der Waals surface area (Å²) in [5.41, 5.74) is -0.0447. The number of aromatic nitrogens is 2. The zero-order valence-corrected chi connectivity index (χ0v) is 11.0. The van der Waals surface area contributed by atoms with Crippen molar-refractivity contribution in [3.8, 4) is 0 Å². The van der Waals surface area contributed by atoms with Crippen LogP contribution in [-0.4, -0.2) is 38.3 Å². The summed E-state index contributed by atoms with van der Waals surface area (Å²) >= 11 is 0.795. The summed E-state index contributed by atoms with van der Waals surface area (Å²) in [6.45, 7) is 3.85. The van der Waals surface area contributed by atoms with Crippen molar-refractivity contribution >= 4 is 17.6 Å². The number of hydrogen-bond donors (Lipinski definition) is 0. The van der Waals surface area contributed by atoms with E-state index in [1.807, 2.05) is 0 Å². The van der Waals surface area contributed by atoms with Gasteiger partial charge in [-0.15, -0.1) is 0 Å². The average Bonchev–Trinajstić information content (AvgIpc) is 2.75. The number of alkyl halides is 3. The lowest BCUT2D eigenvalue weighted by Gasteiger charge is -2.31. The number of rotatable bonds is 4. The molecule has 4 nitrogen and oxygen atoms in total. The summed E-state index contributed by atoms with van der Waals surface area (Å²) < 4.78 is 44.8. The minimum atomic E-state index is -4.43. The van der Waals surface area contributed by atoms with Gasteiger partial charge in [-0.3, -0.25) is 4.79 Å². The van der Waals surface area contributed by atoms with Crippen LogP contribution in [0.1, 0.15) is 31.3 Å². The van der Waals surface area contributed by atoms with E-state index in [4.69, 9.17) is 0 Å². The van der Waals surface area contributed by atoms with Gasteiger partial charge in [-0.25, -0.2) is 0 Å². The number of carbonyl (C=O) groups is 1. The van der Waals surface area contributed by atoms with Crippen molar-refractivity contribution < 1.29 is 18.0 Å². The van der Waals surface area contributed by atoms with Gasteiger partial charge in [-0.05, 0) is 12.8 Å². The van der Waals surface area contributed by atoms with E-state index in [-0.39, 0.29) is 11.6 Å². The van der Waals surface area contributed by atoms with Crippen molar-refractivity contribution in [1.82, 2.24) is 13.6 Å². The van der Waals surface area contributed by atoms with Gasteiger partial charge in [0.2, 0.25) is 0 Å². The van der Waals surface area contributed by atoms with Crippen LogP contribution in [0.2, 0.25) is 0 Å². The topological polar surface area (TPSA) is 46.1 Å². The molecule has 0 fully saturated rings. The van der Waals surface area contributed by atoms with Crippen LogP contribution in [0.5, 0.6) is 0 Å². The minimum Gasteiger partial charge on any atom is -0.325 e. The molecule has 0 saturated heterocycles. The van der Waals surface area contributed by atoms with Crippen LogP contribution in [-0.2, 0) is 0 Å². The van der Waals surface area contributed by atoms with Crippen molar-refractivity contribution in [2.24, 2.45) is 5.92 Å². The summed E-state index contributed by atoms with van der Waals surface area (Å²) in [5, 5.41) is 0. The molecule has 1 amide bonds. The summed E-state index contributed by atoms with van der Waals surface area (Å²) in [7, 11) is 0. The molecule has 0 saturated carbocycles. The Morgan fingerprint density at radius 1 is 1.44 bits per heavy atom. The van der Waals surface area contributed by atoms with E-state index in [1.54, 1.807) is 20.8 Å².